The van der Waals surface area contributed by atoms with Crippen LogP contribution in [-0.4, -0.2) is 11.6 Å². The molecule has 0 amide bonds. The van der Waals surface area contributed by atoms with Gasteiger partial charge in [0.05, 0.1) is 6.61 Å². The number of aryl methyl sites for hydroxylation is 1. The summed E-state index contributed by atoms with van der Waals surface area (Å²) in [5.74, 6) is 0.909. The first kappa shape index (κ1) is 13.6. The third-order valence-corrected chi connectivity index (χ3v) is 2.93. The molecule has 1 heterocycles. The monoisotopic (exact) mass is 256 g/mol. The smallest absolute Gasteiger partial charge is 0.126 e. The molecule has 0 saturated carbocycles. The van der Waals surface area contributed by atoms with E-state index in [1.165, 1.54) is 11.1 Å². The van der Waals surface area contributed by atoms with E-state index >= 15 is 0 Å². The second kappa shape index (κ2) is 6.90. The van der Waals surface area contributed by atoms with E-state index in [1.807, 2.05) is 38.1 Å². The zero-order valence-corrected chi connectivity index (χ0v) is 11.5. The highest BCUT2D eigenvalue weighted by Gasteiger charge is 2.02. The van der Waals surface area contributed by atoms with Crippen LogP contribution in [0.15, 0.2) is 42.5 Å². The Labute approximate surface area is 114 Å². The Morgan fingerprint density at radius 3 is 2.58 bits per heavy atom. The Bertz CT molecular complexity index is 526. The van der Waals surface area contributed by atoms with E-state index in [1.54, 1.807) is 0 Å². The first-order chi connectivity index (χ1) is 9.29. The number of nitrogens with zero attached hydrogens (tertiary/aromatic N) is 1. The highest BCUT2D eigenvalue weighted by molar-refractivity contribution is 5.38. The van der Waals surface area contributed by atoms with Crippen molar-refractivity contribution < 1.29 is 4.74 Å². The van der Waals surface area contributed by atoms with Crippen molar-refractivity contribution in [3.05, 3.63) is 59.3 Å². The molecule has 3 heteroatoms. The van der Waals surface area contributed by atoms with Crippen molar-refractivity contribution in [3.8, 4) is 0 Å². The zero-order chi connectivity index (χ0) is 13.5. The maximum atomic E-state index is 5.49. The number of pyridine rings is 1. The van der Waals surface area contributed by atoms with Gasteiger partial charge in [0.1, 0.15) is 5.82 Å². The van der Waals surface area contributed by atoms with Crippen LogP contribution < -0.4 is 5.32 Å². The van der Waals surface area contributed by atoms with Crippen LogP contribution in [0.1, 0.15) is 23.7 Å². The van der Waals surface area contributed by atoms with E-state index in [0.717, 1.165) is 24.7 Å². The Morgan fingerprint density at radius 2 is 1.84 bits per heavy atom. The van der Waals surface area contributed by atoms with Crippen LogP contribution in [0.2, 0.25) is 0 Å². The maximum absolute atomic E-state index is 5.49. The average molecular weight is 256 g/mol. The molecule has 100 valence electrons. The molecule has 0 radical (unpaired) electrons. The van der Waals surface area contributed by atoms with E-state index in [0.29, 0.717) is 6.61 Å². The van der Waals surface area contributed by atoms with Gasteiger partial charge in [-0.2, -0.15) is 0 Å². The first-order valence-corrected chi connectivity index (χ1v) is 6.61. The van der Waals surface area contributed by atoms with E-state index in [4.69, 9.17) is 4.74 Å². The summed E-state index contributed by atoms with van der Waals surface area (Å²) in [6.07, 6.45) is 0. The lowest BCUT2D eigenvalue weighted by atomic mass is 10.1. The van der Waals surface area contributed by atoms with Crippen molar-refractivity contribution in [3.63, 3.8) is 0 Å². The second-order valence-electron chi connectivity index (χ2n) is 4.42. The Hall–Kier alpha value is -1.87. The van der Waals surface area contributed by atoms with E-state index in [-0.39, 0.29) is 0 Å². The fourth-order valence-corrected chi connectivity index (χ4v) is 1.91. The number of nitrogens with one attached hydrogen (secondary N) is 1. The van der Waals surface area contributed by atoms with Crippen LogP contribution in [0.5, 0.6) is 0 Å². The number of benzene rings is 1. The number of anilines is 1. The van der Waals surface area contributed by atoms with Gasteiger partial charge in [0, 0.05) is 18.8 Å². The van der Waals surface area contributed by atoms with Crippen LogP contribution in [0.4, 0.5) is 5.82 Å². The normalized spacial score (nSPS) is 10.4. The number of aromatic nitrogens is 1. The second-order valence-corrected chi connectivity index (χ2v) is 4.42. The van der Waals surface area contributed by atoms with Gasteiger partial charge in [-0.15, -0.1) is 0 Å². The molecule has 0 spiro atoms. The molecule has 1 N–H and O–H groups in total. The summed E-state index contributed by atoms with van der Waals surface area (Å²) in [4.78, 5) is 4.44. The SMILES string of the molecule is CCOCc1ccccc1CNc1cccc(C)n1. The largest absolute Gasteiger partial charge is 0.377 e. The van der Waals surface area contributed by atoms with Crippen molar-refractivity contribution in [2.45, 2.75) is 27.0 Å². The van der Waals surface area contributed by atoms with Gasteiger partial charge in [0.2, 0.25) is 0 Å². The van der Waals surface area contributed by atoms with E-state index < -0.39 is 0 Å². The summed E-state index contributed by atoms with van der Waals surface area (Å²) < 4.78 is 5.49. The lowest BCUT2D eigenvalue weighted by Crippen LogP contribution is -2.05. The fourth-order valence-electron chi connectivity index (χ4n) is 1.91. The molecule has 0 fully saturated rings. The van der Waals surface area contributed by atoms with Crippen molar-refractivity contribution in [1.29, 1.82) is 0 Å². The Balaban J connectivity index is 2.02. The minimum atomic E-state index is 0.662. The van der Waals surface area contributed by atoms with Gasteiger partial charge in [-0.1, -0.05) is 30.3 Å². The number of hydrogen-bond donors (Lipinski definition) is 1. The third kappa shape index (κ3) is 4.07. The third-order valence-electron chi connectivity index (χ3n) is 2.93. The zero-order valence-electron chi connectivity index (χ0n) is 11.5. The van der Waals surface area contributed by atoms with Crippen molar-refractivity contribution in [1.82, 2.24) is 4.98 Å². The van der Waals surface area contributed by atoms with Gasteiger partial charge in [0.25, 0.3) is 0 Å². The summed E-state index contributed by atoms with van der Waals surface area (Å²) in [5, 5.41) is 3.35. The van der Waals surface area contributed by atoms with Crippen molar-refractivity contribution in [2.75, 3.05) is 11.9 Å². The molecule has 19 heavy (non-hydrogen) atoms. The van der Waals surface area contributed by atoms with Gasteiger partial charge < -0.3 is 10.1 Å². The summed E-state index contributed by atoms with van der Waals surface area (Å²) in [5.41, 5.74) is 3.50. The average Bonchev–Trinajstić information content (AvgIpc) is 2.44. The summed E-state index contributed by atoms with van der Waals surface area (Å²) in [6.45, 7) is 6.17. The molecule has 2 rings (SSSR count). The van der Waals surface area contributed by atoms with E-state index in [2.05, 4.69) is 28.5 Å². The quantitative estimate of drug-likeness (QED) is 0.858. The molecule has 0 unspecified atom stereocenters. The van der Waals surface area contributed by atoms with Gasteiger partial charge >= 0.3 is 0 Å². The fraction of sp³-hybridized carbons (Fsp3) is 0.312. The van der Waals surface area contributed by atoms with Gasteiger partial charge in [0.15, 0.2) is 0 Å². The van der Waals surface area contributed by atoms with Crippen LogP contribution >= 0.6 is 0 Å². The molecular weight excluding hydrogens is 236 g/mol. The molecule has 0 aliphatic carbocycles. The molecule has 3 nitrogen and oxygen atoms in total. The molecule has 0 saturated heterocycles. The van der Waals surface area contributed by atoms with Gasteiger partial charge in [-0.05, 0) is 37.1 Å². The minimum absolute atomic E-state index is 0.662. The number of ether oxygens (including phenoxy) is 1. The highest BCUT2D eigenvalue weighted by atomic mass is 16.5. The lowest BCUT2D eigenvalue weighted by Gasteiger charge is -2.11. The molecule has 2 aromatic rings. The molecule has 0 aliphatic heterocycles. The van der Waals surface area contributed by atoms with Crippen molar-refractivity contribution >= 4 is 5.82 Å². The highest BCUT2D eigenvalue weighted by Crippen LogP contribution is 2.13. The van der Waals surface area contributed by atoms with Crippen LogP contribution in [0.3, 0.4) is 0 Å². The molecule has 0 bridgehead atoms. The van der Waals surface area contributed by atoms with Gasteiger partial charge in [-0.25, -0.2) is 4.98 Å². The molecule has 1 aromatic heterocycles. The van der Waals surface area contributed by atoms with Gasteiger partial charge in [-0.3, -0.25) is 0 Å². The Kier molecular flexibility index (Phi) is 4.93. The van der Waals surface area contributed by atoms with Crippen LogP contribution in [0.25, 0.3) is 0 Å². The van der Waals surface area contributed by atoms with Crippen molar-refractivity contribution in [2.24, 2.45) is 0 Å². The Morgan fingerprint density at radius 1 is 1.05 bits per heavy atom. The number of hydrogen-bond acceptors (Lipinski definition) is 3. The summed E-state index contributed by atoms with van der Waals surface area (Å²) in [6, 6.07) is 14.3. The standard InChI is InChI=1S/C16H20N2O/c1-3-19-12-15-9-5-4-8-14(15)11-17-16-10-6-7-13(2)18-16/h4-10H,3,11-12H2,1-2H3,(H,17,18). The molecule has 0 aliphatic rings. The maximum Gasteiger partial charge on any atom is 0.126 e. The number of rotatable bonds is 6. The summed E-state index contributed by atoms with van der Waals surface area (Å²) >= 11 is 0. The van der Waals surface area contributed by atoms with Crippen LogP contribution in [0, 0.1) is 6.92 Å². The molecular formula is C16H20N2O. The summed E-state index contributed by atoms with van der Waals surface area (Å²) in [7, 11) is 0. The molecule has 0 atom stereocenters. The predicted octanol–water partition coefficient (Wildman–Crippen LogP) is 3.54. The minimum Gasteiger partial charge on any atom is -0.377 e. The topological polar surface area (TPSA) is 34.1 Å². The molecule has 1 aromatic carbocycles. The lowest BCUT2D eigenvalue weighted by molar-refractivity contribution is 0.133. The van der Waals surface area contributed by atoms with Crippen LogP contribution in [-0.2, 0) is 17.9 Å². The predicted molar refractivity (Wildman–Crippen MR) is 78.1 cm³/mol. The van der Waals surface area contributed by atoms with E-state index in [9.17, 15) is 0 Å². The first-order valence-electron chi connectivity index (χ1n) is 6.61.